The molecular weight excluding hydrogens is 130 g/mol. The number of aromatic amines is 1. The number of nitroso groups, excluding NO2 is 1. The Morgan fingerprint density at radius 3 is 2.75 bits per heavy atom. The van der Waals surface area contributed by atoms with Crippen molar-refractivity contribution >= 4 is 17.5 Å². The minimum absolute atomic E-state index is 0.296. The molecule has 0 amide bonds. The van der Waals surface area contributed by atoms with Crippen LogP contribution >= 0.6 is 11.7 Å². The molecule has 1 aromatic rings. The van der Waals surface area contributed by atoms with Crippen LogP contribution in [0.15, 0.2) is 9.97 Å². The first kappa shape index (κ1) is 5.10. The van der Waals surface area contributed by atoms with E-state index in [4.69, 9.17) is 0 Å². The average Bonchev–Trinajstić information content (AvgIpc) is 2.14. The van der Waals surface area contributed by atoms with Gasteiger partial charge in [0.1, 0.15) is 0 Å². The van der Waals surface area contributed by atoms with Crippen LogP contribution < -0.4 is 5.56 Å². The molecule has 5 nitrogen and oxygen atoms in total. The van der Waals surface area contributed by atoms with Gasteiger partial charge in [-0.3, -0.25) is 9.17 Å². The summed E-state index contributed by atoms with van der Waals surface area (Å²) in [6.45, 7) is 0. The highest BCUT2D eigenvalue weighted by molar-refractivity contribution is 6.99. The van der Waals surface area contributed by atoms with E-state index < -0.39 is 5.56 Å². The fourth-order valence-electron chi connectivity index (χ4n) is 0.253. The van der Waals surface area contributed by atoms with Gasteiger partial charge in [-0.2, -0.15) is 0 Å². The number of hydrogen-bond acceptors (Lipinski definition) is 5. The molecule has 0 aliphatic heterocycles. The smallest absolute Gasteiger partial charge is 0.264 e. The predicted molar refractivity (Wildman–Crippen MR) is 28.2 cm³/mol. The van der Waals surface area contributed by atoms with E-state index in [0.717, 1.165) is 11.7 Å². The SMILES string of the molecule is O=Nc1ns[nH]c1=O. The van der Waals surface area contributed by atoms with Gasteiger partial charge in [0.2, 0.25) is 0 Å². The number of hydrogen-bond donors (Lipinski definition) is 1. The van der Waals surface area contributed by atoms with E-state index in [2.05, 4.69) is 13.9 Å². The molecule has 1 N–H and O–H groups in total. The molecule has 1 rings (SSSR count). The van der Waals surface area contributed by atoms with Crippen molar-refractivity contribution in [1.82, 2.24) is 8.75 Å². The van der Waals surface area contributed by atoms with Crippen molar-refractivity contribution in [3.05, 3.63) is 15.3 Å². The Balaban J connectivity index is 3.30. The summed E-state index contributed by atoms with van der Waals surface area (Å²) < 4.78 is 5.53. The van der Waals surface area contributed by atoms with Gasteiger partial charge in [0, 0.05) is 11.7 Å². The standard InChI is InChI=1S/C2HN3O2S/c6-2-1(3-7)4-8-5-2/h(H,5,6). The summed E-state index contributed by atoms with van der Waals surface area (Å²) in [7, 11) is 0. The average molecular weight is 131 g/mol. The molecule has 0 atom stereocenters. The molecule has 0 aliphatic carbocycles. The van der Waals surface area contributed by atoms with Gasteiger partial charge in [0.05, 0.1) is 0 Å². The van der Waals surface area contributed by atoms with Gasteiger partial charge < -0.3 is 0 Å². The third kappa shape index (κ3) is 0.648. The van der Waals surface area contributed by atoms with Crippen LogP contribution in [-0.2, 0) is 0 Å². The van der Waals surface area contributed by atoms with E-state index in [0.29, 0.717) is 0 Å². The molecule has 0 saturated heterocycles. The minimum Gasteiger partial charge on any atom is -0.264 e. The van der Waals surface area contributed by atoms with Gasteiger partial charge in [-0.25, -0.2) is 0 Å². The van der Waals surface area contributed by atoms with Crippen LogP contribution in [0.3, 0.4) is 0 Å². The van der Waals surface area contributed by atoms with Crippen molar-refractivity contribution in [2.45, 2.75) is 0 Å². The quantitative estimate of drug-likeness (QED) is 0.554. The van der Waals surface area contributed by atoms with Crippen LogP contribution in [0.5, 0.6) is 0 Å². The zero-order chi connectivity index (χ0) is 5.98. The largest absolute Gasteiger partial charge is 0.308 e. The van der Waals surface area contributed by atoms with Gasteiger partial charge in [-0.15, -0.1) is 9.28 Å². The molecule has 0 radical (unpaired) electrons. The van der Waals surface area contributed by atoms with Crippen molar-refractivity contribution in [2.24, 2.45) is 5.18 Å². The zero-order valence-corrected chi connectivity index (χ0v) is 4.44. The highest BCUT2D eigenvalue weighted by Crippen LogP contribution is 1.96. The molecule has 0 spiro atoms. The van der Waals surface area contributed by atoms with Crippen molar-refractivity contribution in [3.8, 4) is 0 Å². The molecule has 8 heavy (non-hydrogen) atoms. The molecule has 0 aliphatic rings. The normalized spacial score (nSPS) is 9.00. The lowest BCUT2D eigenvalue weighted by Gasteiger charge is -1.61. The van der Waals surface area contributed by atoms with E-state index in [9.17, 15) is 9.70 Å². The molecule has 42 valence electrons. The molecule has 0 aromatic carbocycles. The number of nitrogens with zero attached hydrogens (tertiary/aromatic N) is 2. The first-order valence-electron chi connectivity index (χ1n) is 1.72. The fourth-order valence-corrected chi connectivity index (χ4v) is 0.675. The molecule has 1 heterocycles. The zero-order valence-electron chi connectivity index (χ0n) is 3.62. The number of rotatable bonds is 1. The highest BCUT2D eigenvalue weighted by Gasteiger charge is 1.98. The van der Waals surface area contributed by atoms with Crippen LogP contribution in [0.2, 0.25) is 0 Å². The van der Waals surface area contributed by atoms with Crippen molar-refractivity contribution in [1.29, 1.82) is 0 Å². The summed E-state index contributed by atoms with van der Waals surface area (Å²) >= 11 is 0.810. The van der Waals surface area contributed by atoms with E-state index >= 15 is 0 Å². The molecule has 0 fully saturated rings. The van der Waals surface area contributed by atoms with Gasteiger partial charge in [0.25, 0.3) is 5.82 Å². The van der Waals surface area contributed by atoms with Crippen LogP contribution in [0, 0.1) is 4.91 Å². The Labute approximate surface area is 47.6 Å². The Bertz CT molecular complexity index is 237. The summed E-state index contributed by atoms with van der Waals surface area (Å²) in [5.74, 6) is -0.296. The maximum atomic E-state index is 10.2. The maximum absolute atomic E-state index is 10.2. The molecule has 6 heteroatoms. The van der Waals surface area contributed by atoms with E-state index in [1.807, 2.05) is 0 Å². The highest BCUT2D eigenvalue weighted by atomic mass is 32.1. The first-order chi connectivity index (χ1) is 3.84. The Kier molecular flexibility index (Phi) is 1.17. The van der Waals surface area contributed by atoms with E-state index in [1.165, 1.54) is 0 Å². The molecule has 1 aromatic heterocycles. The predicted octanol–water partition coefficient (Wildman–Crippen LogP) is 0.229. The number of aromatic nitrogens is 2. The molecule has 0 saturated carbocycles. The van der Waals surface area contributed by atoms with Crippen LogP contribution in [0.4, 0.5) is 5.82 Å². The fraction of sp³-hybridized carbons (Fsp3) is 0. The molecule has 0 bridgehead atoms. The van der Waals surface area contributed by atoms with Gasteiger partial charge in [-0.05, 0) is 5.18 Å². The summed E-state index contributed by atoms with van der Waals surface area (Å²) in [4.78, 5) is 19.8. The third-order valence-electron chi connectivity index (χ3n) is 0.560. The van der Waals surface area contributed by atoms with Crippen molar-refractivity contribution < 1.29 is 0 Å². The van der Waals surface area contributed by atoms with Gasteiger partial charge in [0.15, 0.2) is 0 Å². The lowest BCUT2D eigenvalue weighted by atomic mass is 10.8. The van der Waals surface area contributed by atoms with Gasteiger partial charge >= 0.3 is 5.56 Å². The summed E-state index contributed by atoms with van der Waals surface area (Å²) in [6.07, 6.45) is 0. The van der Waals surface area contributed by atoms with Crippen molar-refractivity contribution in [3.63, 3.8) is 0 Å². The van der Waals surface area contributed by atoms with Gasteiger partial charge in [-0.1, -0.05) is 0 Å². The second-order valence-corrected chi connectivity index (χ2v) is 1.60. The minimum atomic E-state index is -0.523. The Hall–Kier alpha value is -1.04. The van der Waals surface area contributed by atoms with E-state index in [-0.39, 0.29) is 5.82 Å². The topological polar surface area (TPSA) is 75.2 Å². The van der Waals surface area contributed by atoms with Crippen LogP contribution in [0.1, 0.15) is 0 Å². The lowest BCUT2D eigenvalue weighted by molar-refractivity contribution is 1.32. The second-order valence-electron chi connectivity index (χ2n) is 1.03. The number of nitrogens with one attached hydrogen (secondary N) is 1. The second kappa shape index (κ2) is 1.83. The summed E-state index contributed by atoms with van der Waals surface area (Å²) in [5, 5.41) is 2.34. The maximum Gasteiger partial charge on any atom is 0.308 e. The van der Waals surface area contributed by atoms with Crippen molar-refractivity contribution in [2.75, 3.05) is 0 Å². The van der Waals surface area contributed by atoms with Crippen LogP contribution in [0.25, 0.3) is 0 Å². The summed E-state index contributed by atoms with van der Waals surface area (Å²) in [5.41, 5.74) is -0.523. The Morgan fingerprint density at radius 2 is 2.50 bits per heavy atom. The van der Waals surface area contributed by atoms with E-state index in [1.54, 1.807) is 0 Å². The monoisotopic (exact) mass is 131 g/mol. The molecule has 0 unspecified atom stereocenters. The number of H-pyrrole nitrogens is 1. The lowest BCUT2D eigenvalue weighted by Crippen LogP contribution is -1.94. The third-order valence-corrected chi connectivity index (χ3v) is 1.10. The Morgan fingerprint density at radius 1 is 1.75 bits per heavy atom. The first-order valence-corrected chi connectivity index (χ1v) is 2.49. The molecular formula is C2HN3O2S. The summed E-state index contributed by atoms with van der Waals surface area (Å²) in [6, 6.07) is 0. The van der Waals surface area contributed by atoms with Crippen LogP contribution in [-0.4, -0.2) is 8.75 Å².